The fourth-order valence-corrected chi connectivity index (χ4v) is 2.78. The van der Waals surface area contributed by atoms with Gasteiger partial charge in [-0.25, -0.2) is 0 Å². The molecule has 3 rings (SSSR count). The minimum Gasteiger partial charge on any atom is -0.385 e. The number of fused-ring (bicyclic) bond motifs is 1. The Hall–Kier alpha value is -2.29. The third-order valence-electron chi connectivity index (χ3n) is 3.98. The van der Waals surface area contributed by atoms with Crippen LogP contribution in [-0.2, 0) is 6.42 Å². The zero-order chi connectivity index (χ0) is 14.8. The van der Waals surface area contributed by atoms with Gasteiger partial charge >= 0.3 is 0 Å². The summed E-state index contributed by atoms with van der Waals surface area (Å²) in [7, 11) is 0. The van der Waals surface area contributed by atoms with Crippen LogP contribution < -0.4 is 10.6 Å². The van der Waals surface area contributed by atoms with Gasteiger partial charge in [0.05, 0.1) is 0 Å². The Morgan fingerprint density at radius 3 is 2.90 bits per heavy atom. The van der Waals surface area contributed by atoms with Crippen LogP contribution in [-0.4, -0.2) is 12.5 Å². The van der Waals surface area contributed by atoms with Crippen molar-refractivity contribution in [3.05, 3.63) is 58.7 Å². The summed E-state index contributed by atoms with van der Waals surface area (Å²) in [5, 5.41) is 6.41. The standard InChI is InChI=1S/C18H20N2O/c1-12-8-9-13(2)17(11-12)20-18(21)15-5-3-7-16-14(15)6-4-10-19-16/h3,5,7-9,11,19H,4,6,10H2,1-2H3,(H,20,21). The Labute approximate surface area is 125 Å². The number of amides is 1. The van der Waals surface area contributed by atoms with Crippen molar-refractivity contribution in [3.8, 4) is 0 Å². The van der Waals surface area contributed by atoms with E-state index in [1.165, 1.54) is 0 Å². The minimum absolute atomic E-state index is 0.0238. The van der Waals surface area contributed by atoms with Crippen molar-refractivity contribution < 1.29 is 4.79 Å². The Kier molecular flexibility index (Phi) is 3.65. The molecular weight excluding hydrogens is 260 g/mol. The Morgan fingerprint density at radius 1 is 1.19 bits per heavy atom. The lowest BCUT2D eigenvalue weighted by molar-refractivity contribution is 0.102. The minimum atomic E-state index is -0.0238. The van der Waals surface area contributed by atoms with E-state index in [-0.39, 0.29) is 5.91 Å². The van der Waals surface area contributed by atoms with Crippen LogP contribution in [0.1, 0.15) is 33.5 Å². The molecule has 0 aromatic heterocycles. The SMILES string of the molecule is Cc1ccc(C)c(NC(=O)c2cccc3c2CCCN3)c1. The fourth-order valence-electron chi connectivity index (χ4n) is 2.78. The lowest BCUT2D eigenvalue weighted by Gasteiger charge is -2.20. The molecular formula is C18H20N2O. The topological polar surface area (TPSA) is 41.1 Å². The van der Waals surface area contributed by atoms with Crippen molar-refractivity contribution in [1.82, 2.24) is 0 Å². The highest BCUT2D eigenvalue weighted by Crippen LogP contribution is 2.26. The third kappa shape index (κ3) is 2.77. The molecule has 2 aromatic carbocycles. The highest BCUT2D eigenvalue weighted by Gasteiger charge is 2.17. The van der Waals surface area contributed by atoms with Crippen molar-refractivity contribution in [2.75, 3.05) is 17.2 Å². The second-order valence-electron chi connectivity index (χ2n) is 5.63. The number of carbonyl (C=O) groups excluding carboxylic acids is 1. The van der Waals surface area contributed by atoms with E-state index in [4.69, 9.17) is 0 Å². The number of anilines is 2. The smallest absolute Gasteiger partial charge is 0.256 e. The monoisotopic (exact) mass is 280 g/mol. The normalized spacial score (nSPS) is 13.2. The van der Waals surface area contributed by atoms with E-state index in [9.17, 15) is 4.79 Å². The summed E-state index contributed by atoms with van der Waals surface area (Å²) in [6.07, 6.45) is 2.03. The van der Waals surface area contributed by atoms with Crippen LogP contribution >= 0.6 is 0 Å². The van der Waals surface area contributed by atoms with Crippen molar-refractivity contribution in [3.63, 3.8) is 0 Å². The average Bonchev–Trinajstić information content (AvgIpc) is 2.50. The molecule has 3 nitrogen and oxygen atoms in total. The molecule has 0 saturated heterocycles. The molecule has 1 amide bonds. The molecule has 0 fully saturated rings. The zero-order valence-electron chi connectivity index (χ0n) is 12.5. The first-order valence-corrected chi connectivity index (χ1v) is 7.39. The highest BCUT2D eigenvalue weighted by atomic mass is 16.1. The first-order valence-electron chi connectivity index (χ1n) is 7.39. The van der Waals surface area contributed by atoms with Crippen LogP contribution in [0.4, 0.5) is 11.4 Å². The van der Waals surface area contributed by atoms with E-state index in [1.807, 2.05) is 44.2 Å². The molecule has 0 bridgehead atoms. The maximum absolute atomic E-state index is 12.6. The summed E-state index contributed by atoms with van der Waals surface area (Å²) in [4.78, 5) is 12.6. The molecule has 2 N–H and O–H groups in total. The lowest BCUT2D eigenvalue weighted by Crippen LogP contribution is -2.19. The molecule has 21 heavy (non-hydrogen) atoms. The maximum Gasteiger partial charge on any atom is 0.256 e. The molecule has 1 heterocycles. The van der Waals surface area contributed by atoms with Crippen molar-refractivity contribution in [2.24, 2.45) is 0 Å². The van der Waals surface area contributed by atoms with Gasteiger partial charge in [-0.2, -0.15) is 0 Å². The van der Waals surface area contributed by atoms with Gasteiger partial charge in [0.25, 0.3) is 5.91 Å². The van der Waals surface area contributed by atoms with E-state index in [2.05, 4.69) is 16.7 Å². The molecule has 1 aliphatic rings. The van der Waals surface area contributed by atoms with E-state index in [1.54, 1.807) is 0 Å². The second-order valence-corrected chi connectivity index (χ2v) is 5.63. The van der Waals surface area contributed by atoms with Crippen molar-refractivity contribution in [2.45, 2.75) is 26.7 Å². The Balaban J connectivity index is 1.91. The van der Waals surface area contributed by atoms with Gasteiger partial charge in [-0.05, 0) is 61.6 Å². The van der Waals surface area contributed by atoms with Crippen molar-refractivity contribution >= 4 is 17.3 Å². The summed E-state index contributed by atoms with van der Waals surface area (Å²) < 4.78 is 0. The van der Waals surface area contributed by atoms with Crippen molar-refractivity contribution in [1.29, 1.82) is 0 Å². The van der Waals surface area contributed by atoms with Crippen LogP contribution in [0.5, 0.6) is 0 Å². The van der Waals surface area contributed by atoms with Gasteiger partial charge in [0.1, 0.15) is 0 Å². The molecule has 1 aliphatic heterocycles. The number of nitrogens with one attached hydrogen (secondary N) is 2. The Bertz CT molecular complexity index is 692. The van der Waals surface area contributed by atoms with E-state index < -0.39 is 0 Å². The summed E-state index contributed by atoms with van der Waals surface area (Å²) in [6, 6.07) is 12.0. The lowest BCUT2D eigenvalue weighted by atomic mass is 9.97. The van der Waals surface area contributed by atoms with Crippen LogP contribution in [0, 0.1) is 13.8 Å². The number of rotatable bonds is 2. The maximum atomic E-state index is 12.6. The second kappa shape index (κ2) is 5.60. The fraction of sp³-hybridized carbons (Fsp3) is 0.278. The molecule has 0 spiro atoms. The largest absolute Gasteiger partial charge is 0.385 e. The summed E-state index contributed by atoms with van der Waals surface area (Å²) >= 11 is 0. The van der Waals surface area contributed by atoms with Crippen LogP contribution in [0.2, 0.25) is 0 Å². The molecule has 3 heteroatoms. The zero-order valence-corrected chi connectivity index (χ0v) is 12.5. The van der Waals surface area contributed by atoms with E-state index in [0.717, 1.165) is 53.0 Å². The number of hydrogen-bond acceptors (Lipinski definition) is 2. The third-order valence-corrected chi connectivity index (χ3v) is 3.98. The van der Waals surface area contributed by atoms with Gasteiger partial charge in [0.15, 0.2) is 0 Å². The Morgan fingerprint density at radius 2 is 2.05 bits per heavy atom. The molecule has 0 saturated carbocycles. The molecule has 0 radical (unpaired) electrons. The average molecular weight is 280 g/mol. The van der Waals surface area contributed by atoms with E-state index >= 15 is 0 Å². The predicted octanol–water partition coefficient (Wildman–Crippen LogP) is 3.91. The summed E-state index contributed by atoms with van der Waals surface area (Å²) in [5.74, 6) is -0.0238. The van der Waals surface area contributed by atoms with Gasteiger partial charge in [-0.3, -0.25) is 4.79 Å². The number of benzene rings is 2. The van der Waals surface area contributed by atoms with Gasteiger partial charge in [0, 0.05) is 23.5 Å². The molecule has 0 aliphatic carbocycles. The number of hydrogen-bond donors (Lipinski definition) is 2. The first kappa shape index (κ1) is 13.7. The summed E-state index contributed by atoms with van der Waals surface area (Å²) in [6.45, 7) is 5.02. The molecule has 0 unspecified atom stereocenters. The van der Waals surface area contributed by atoms with E-state index in [0.29, 0.717) is 0 Å². The number of carbonyl (C=O) groups is 1. The molecule has 0 atom stereocenters. The van der Waals surface area contributed by atoms with Crippen LogP contribution in [0.3, 0.4) is 0 Å². The first-order chi connectivity index (χ1) is 10.1. The summed E-state index contributed by atoms with van der Waals surface area (Å²) in [5.41, 5.74) is 6.12. The van der Waals surface area contributed by atoms with Gasteiger partial charge in [0.2, 0.25) is 0 Å². The van der Waals surface area contributed by atoms with Gasteiger partial charge in [-0.1, -0.05) is 18.2 Å². The molecule has 108 valence electrons. The van der Waals surface area contributed by atoms with Crippen LogP contribution in [0.25, 0.3) is 0 Å². The van der Waals surface area contributed by atoms with Gasteiger partial charge in [-0.15, -0.1) is 0 Å². The van der Waals surface area contributed by atoms with Gasteiger partial charge < -0.3 is 10.6 Å². The molecule has 2 aromatic rings. The van der Waals surface area contributed by atoms with Crippen LogP contribution in [0.15, 0.2) is 36.4 Å². The predicted molar refractivity (Wildman–Crippen MR) is 87.1 cm³/mol. The quantitative estimate of drug-likeness (QED) is 0.875. The number of aryl methyl sites for hydroxylation is 2. The highest BCUT2D eigenvalue weighted by molar-refractivity contribution is 6.06.